The molecule has 1 aromatic heterocycles. The zero-order valence-electron chi connectivity index (χ0n) is 9.55. The first-order chi connectivity index (χ1) is 8.66. The van der Waals surface area contributed by atoms with Gasteiger partial charge in [0.2, 0.25) is 0 Å². The van der Waals surface area contributed by atoms with Crippen LogP contribution in [0.1, 0.15) is 11.7 Å². The van der Waals surface area contributed by atoms with E-state index >= 15 is 0 Å². The number of aliphatic hydroxyl groups is 1. The fourth-order valence-corrected chi connectivity index (χ4v) is 1.64. The molecular formula is C12H13ClN4O. The molecule has 94 valence electrons. The molecule has 0 fully saturated rings. The topological polar surface area (TPSA) is 84.1 Å². The standard InChI is InChI=1S/C12H13ClN4O/c13-10-5-15-7-17-12(10)16-6-11(18)8-1-3-9(14)4-2-8/h1-5,7,11,18H,6,14H2,(H,15,16,17). The number of nitrogen functional groups attached to an aromatic ring is 1. The second kappa shape index (κ2) is 5.66. The van der Waals surface area contributed by atoms with E-state index < -0.39 is 6.10 Å². The van der Waals surface area contributed by atoms with Gasteiger partial charge in [0, 0.05) is 12.2 Å². The number of hydrogen-bond acceptors (Lipinski definition) is 5. The monoisotopic (exact) mass is 264 g/mol. The molecule has 0 saturated heterocycles. The van der Waals surface area contributed by atoms with Gasteiger partial charge in [0.15, 0.2) is 0 Å². The molecule has 0 aliphatic carbocycles. The van der Waals surface area contributed by atoms with Gasteiger partial charge in [-0.15, -0.1) is 0 Å². The summed E-state index contributed by atoms with van der Waals surface area (Å²) in [5.74, 6) is 0.501. The van der Waals surface area contributed by atoms with Crippen molar-refractivity contribution in [3.8, 4) is 0 Å². The lowest BCUT2D eigenvalue weighted by Crippen LogP contribution is -2.13. The normalized spacial score (nSPS) is 12.1. The van der Waals surface area contributed by atoms with Crippen molar-refractivity contribution >= 4 is 23.1 Å². The lowest BCUT2D eigenvalue weighted by molar-refractivity contribution is 0.191. The van der Waals surface area contributed by atoms with Crippen molar-refractivity contribution in [3.63, 3.8) is 0 Å². The van der Waals surface area contributed by atoms with Gasteiger partial charge in [0.25, 0.3) is 0 Å². The third-order valence-electron chi connectivity index (χ3n) is 2.45. The van der Waals surface area contributed by atoms with E-state index in [1.165, 1.54) is 12.5 Å². The zero-order chi connectivity index (χ0) is 13.0. The molecule has 0 aliphatic rings. The summed E-state index contributed by atoms with van der Waals surface area (Å²) in [6.45, 7) is 0.306. The number of aliphatic hydroxyl groups excluding tert-OH is 1. The molecule has 5 nitrogen and oxygen atoms in total. The summed E-state index contributed by atoms with van der Waals surface area (Å²) in [6, 6.07) is 7.05. The number of nitrogens with one attached hydrogen (secondary N) is 1. The first-order valence-electron chi connectivity index (χ1n) is 5.39. The van der Waals surface area contributed by atoms with Crippen molar-refractivity contribution in [2.75, 3.05) is 17.6 Å². The van der Waals surface area contributed by atoms with Crippen LogP contribution in [0.4, 0.5) is 11.5 Å². The second-order valence-corrected chi connectivity index (χ2v) is 4.19. The number of rotatable bonds is 4. The van der Waals surface area contributed by atoms with Gasteiger partial charge in [0.1, 0.15) is 17.2 Å². The minimum absolute atomic E-state index is 0.306. The van der Waals surface area contributed by atoms with E-state index in [0.29, 0.717) is 23.1 Å². The number of hydrogen-bond donors (Lipinski definition) is 3. The molecule has 18 heavy (non-hydrogen) atoms. The van der Waals surface area contributed by atoms with Crippen LogP contribution in [0.3, 0.4) is 0 Å². The Bertz CT molecular complexity index is 518. The lowest BCUT2D eigenvalue weighted by atomic mass is 10.1. The highest BCUT2D eigenvalue weighted by molar-refractivity contribution is 6.32. The van der Waals surface area contributed by atoms with E-state index in [9.17, 15) is 5.11 Å². The molecule has 1 atom stereocenters. The molecule has 2 rings (SSSR count). The second-order valence-electron chi connectivity index (χ2n) is 3.78. The van der Waals surface area contributed by atoms with Gasteiger partial charge in [-0.25, -0.2) is 9.97 Å². The zero-order valence-corrected chi connectivity index (χ0v) is 10.3. The maximum atomic E-state index is 9.97. The van der Waals surface area contributed by atoms with Crippen molar-refractivity contribution in [1.29, 1.82) is 0 Å². The minimum atomic E-state index is -0.656. The average molecular weight is 265 g/mol. The molecule has 0 spiro atoms. The molecular weight excluding hydrogens is 252 g/mol. The number of anilines is 2. The molecule has 4 N–H and O–H groups in total. The Kier molecular flexibility index (Phi) is 3.96. The van der Waals surface area contributed by atoms with Crippen LogP contribution in [-0.2, 0) is 0 Å². The van der Waals surface area contributed by atoms with Gasteiger partial charge in [-0.3, -0.25) is 0 Å². The van der Waals surface area contributed by atoms with Crippen LogP contribution >= 0.6 is 11.6 Å². The minimum Gasteiger partial charge on any atom is -0.399 e. The maximum Gasteiger partial charge on any atom is 0.148 e. The van der Waals surface area contributed by atoms with Crippen molar-refractivity contribution in [1.82, 2.24) is 9.97 Å². The number of benzene rings is 1. The first-order valence-corrected chi connectivity index (χ1v) is 5.77. The molecule has 0 amide bonds. The molecule has 1 unspecified atom stereocenters. The van der Waals surface area contributed by atoms with Crippen molar-refractivity contribution in [2.45, 2.75) is 6.10 Å². The summed E-state index contributed by atoms with van der Waals surface area (Å²) in [7, 11) is 0. The summed E-state index contributed by atoms with van der Waals surface area (Å²) in [4.78, 5) is 7.75. The van der Waals surface area contributed by atoms with Gasteiger partial charge in [-0.05, 0) is 17.7 Å². The third kappa shape index (κ3) is 3.09. The summed E-state index contributed by atoms with van der Waals surface area (Å²) in [5.41, 5.74) is 7.02. The van der Waals surface area contributed by atoms with Crippen LogP contribution in [-0.4, -0.2) is 21.6 Å². The molecule has 0 aliphatic heterocycles. The van der Waals surface area contributed by atoms with Gasteiger partial charge < -0.3 is 16.2 Å². The number of halogens is 1. The number of aromatic nitrogens is 2. The fraction of sp³-hybridized carbons (Fsp3) is 0.167. The fourth-order valence-electron chi connectivity index (χ4n) is 1.47. The highest BCUT2D eigenvalue weighted by Crippen LogP contribution is 2.19. The Morgan fingerprint density at radius 1 is 1.33 bits per heavy atom. The Labute approximate surface area is 110 Å². The van der Waals surface area contributed by atoms with Gasteiger partial charge in [-0.2, -0.15) is 0 Å². The maximum absolute atomic E-state index is 9.97. The van der Waals surface area contributed by atoms with Gasteiger partial charge in [-0.1, -0.05) is 23.7 Å². The average Bonchev–Trinajstić information content (AvgIpc) is 2.38. The highest BCUT2D eigenvalue weighted by Gasteiger charge is 2.08. The number of nitrogens with zero attached hydrogens (tertiary/aromatic N) is 2. The predicted octanol–water partition coefficient (Wildman–Crippen LogP) is 1.86. The van der Waals surface area contributed by atoms with Gasteiger partial charge >= 0.3 is 0 Å². The van der Waals surface area contributed by atoms with Crippen molar-refractivity contribution in [3.05, 3.63) is 47.4 Å². The van der Waals surface area contributed by atoms with E-state index in [1.807, 2.05) is 0 Å². The predicted molar refractivity (Wildman–Crippen MR) is 71.3 cm³/mol. The van der Waals surface area contributed by atoms with Crippen LogP contribution in [0.5, 0.6) is 0 Å². The summed E-state index contributed by atoms with van der Waals surface area (Å²) in [6.07, 6.45) is 2.23. The smallest absolute Gasteiger partial charge is 0.148 e. The van der Waals surface area contributed by atoms with Crippen LogP contribution in [0.25, 0.3) is 0 Å². The summed E-state index contributed by atoms with van der Waals surface area (Å²) in [5, 5.41) is 13.4. The van der Waals surface area contributed by atoms with E-state index in [0.717, 1.165) is 5.56 Å². The largest absolute Gasteiger partial charge is 0.399 e. The highest BCUT2D eigenvalue weighted by atomic mass is 35.5. The Morgan fingerprint density at radius 2 is 2.06 bits per heavy atom. The van der Waals surface area contributed by atoms with Crippen LogP contribution in [0, 0.1) is 0 Å². The van der Waals surface area contributed by atoms with E-state index in [1.54, 1.807) is 24.3 Å². The first kappa shape index (κ1) is 12.6. The molecule has 6 heteroatoms. The third-order valence-corrected chi connectivity index (χ3v) is 2.73. The summed E-state index contributed by atoms with van der Waals surface area (Å²) < 4.78 is 0. The lowest BCUT2D eigenvalue weighted by Gasteiger charge is -2.13. The summed E-state index contributed by atoms with van der Waals surface area (Å²) >= 11 is 5.89. The Hall–Kier alpha value is -1.85. The molecule has 1 aromatic carbocycles. The number of nitrogens with two attached hydrogens (primary N) is 1. The van der Waals surface area contributed by atoms with Gasteiger partial charge in [0.05, 0.1) is 12.3 Å². The molecule has 2 aromatic rings. The van der Waals surface area contributed by atoms with E-state index in [2.05, 4.69) is 15.3 Å². The SMILES string of the molecule is Nc1ccc(C(O)CNc2ncncc2Cl)cc1. The molecule has 0 saturated carbocycles. The molecule has 0 bridgehead atoms. The van der Waals surface area contributed by atoms with Crippen LogP contribution < -0.4 is 11.1 Å². The van der Waals surface area contributed by atoms with Crippen molar-refractivity contribution < 1.29 is 5.11 Å². The van der Waals surface area contributed by atoms with Crippen molar-refractivity contribution in [2.24, 2.45) is 0 Å². The quantitative estimate of drug-likeness (QED) is 0.734. The van der Waals surface area contributed by atoms with E-state index in [-0.39, 0.29) is 0 Å². The van der Waals surface area contributed by atoms with Crippen LogP contribution in [0.2, 0.25) is 5.02 Å². The Morgan fingerprint density at radius 3 is 2.72 bits per heavy atom. The van der Waals surface area contributed by atoms with Crippen LogP contribution in [0.15, 0.2) is 36.8 Å². The Balaban J connectivity index is 1.98. The molecule has 1 heterocycles. The van der Waals surface area contributed by atoms with E-state index in [4.69, 9.17) is 17.3 Å². The molecule has 0 radical (unpaired) electrons.